The van der Waals surface area contributed by atoms with E-state index in [4.69, 9.17) is 0 Å². The Kier molecular flexibility index (Phi) is 5.39. The molecular weight excluding hydrogens is 306 g/mol. The summed E-state index contributed by atoms with van der Waals surface area (Å²) >= 11 is 1.57. The van der Waals surface area contributed by atoms with E-state index in [1.807, 2.05) is 17.5 Å². The number of likely N-dealkylation sites (tertiary alicyclic amines) is 2. The maximum Gasteiger partial charge on any atom is 0.263 e. The van der Waals surface area contributed by atoms with Gasteiger partial charge in [0.05, 0.1) is 4.88 Å². The van der Waals surface area contributed by atoms with E-state index >= 15 is 0 Å². The molecule has 0 atom stereocenters. The first-order valence-corrected chi connectivity index (χ1v) is 9.66. The molecule has 3 rings (SSSR count). The Bertz CT molecular complexity index is 506. The normalized spacial score (nSPS) is 22.0. The molecule has 2 saturated heterocycles. The van der Waals surface area contributed by atoms with Gasteiger partial charge in [0, 0.05) is 26.2 Å². The minimum absolute atomic E-state index is 0.245. The van der Waals surface area contributed by atoms with Crippen LogP contribution in [0.1, 0.15) is 35.4 Å². The third kappa shape index (κ3) is 4.14. The summed E-state index contributed by atoms with van der Waals surface area (Å²) in [4.78, 5) is 20.5. The summed E-state index contributed by atoms with van der Waals surface area (Å²) in [5.74, 6) is 0.245. The van der Waals surface area contributed by atoms with Gasteiger partial charge in [-0.2, -0.15) is 0 Å². The second kappa shape index (κ2) is 7.32. The van der Waals surface area contributed by atoms with Crippen LogP contribution in [0, 0.1) is 5.41 Å². The molecule has 0 saturated carbocycles. The van der Waals surface area contributed by atoms with Crippen LogP contribution in [0.4, 0.5) is 0 Å². The van der Waals surface area contributed by atoms with Gasteiger partial charge in [-0.05, 0) is 69.7 Å². The highest BCUT2D eigenvalue weighted by atomic mass is 32.1. The molecule has 1 spiro atoms. The van der Waals surface area contributed by atoms with Crippen LogP contribution in [-0.2, 0) is 0 Å². The number of thiophene rings is 1. The van der Waals surface area contributed by atoms with Gasteiger partial charge in [0.2, 0.25) is 0 Å². The Labute approximate surface area is 144 Å². The van der Waals surface area contributed by atoms with Gasteiger partial charge in [0.15, 0.2) is 0 Å². The van der Waals surface area contributed by atoms with Crippen LogP contribution in [0.2, 0.25) is 0 Å². The fraction of sp³-hybridized carbons (Fsp3) is 0.722. The first kappa shape index (κ1) is 16.9. The third-order valence-corrected chi connectivity index (χ3v) is 6.32. The molecule has 3 heterocycles. The monoisotopic (exact) mass is 335 g/mol. The highest BCUT2D eigenvalue weighted by Crippen LogP contribution is 2.40. The van der Waals surface area contributed by atoms with Gasteiger partial charge in [-0.3, -0.25) is 4.79 Å². The van der Waals surface area contributed by atoms with Crippen LogP contribution < -0.4 is 0 Å². The number of hydrogen-bond acceptors (Lipinski definition) is 4. The minimum Gasteiger partial charge on any atom is -0.337 e. The number of amides is 1. The van der Waals surface area contributed by atoms with Gasteiger partial charge in [-0.1, -0.05) is 6.07 Å². The zero-order valence-corrected chi connectivity index (χ0v) is 15.3. The molecule has 2 fully saturated rings. The predicted octanol–water partition coefficient (Wildman–Crippen LogP) is 2.63. The van der Waals surface area contributed by atoms with Crippen molar-refractivity contribution in [3.05, 3.63) is 22.4 Å². The first-order valence-electron chi connectivity index (χ1n) is 8.78. The minimum atomic E-state index is 0.245. The molecule has 0 radical (unpaired) electrons. The SMILES string of the molecule is CN(C)CCN1CCC2(CCCN(C(=O)c3cccs3)C2)CC1. The van der Waals surface area contributed by atoms with Crippen molar-refractivity contribution in [3.8, 4) is 0 Å². The maximum absolute atomic E-state index is 12.6. The lowest BCUT2D eigenvalue weighted by Crippen LogP contribution is -2.51. The van der Waals surface area contributed by atoms with Crippen molar-refractivity contribution in [3.63, 3.8) is 0 Å². The van der Waals surface area contributed by atoms with Crippen LogP contribution in [0.25, 0.3) is 0 Å². The highest BCUT2D eigenvalue weighted by Gasteiger charge is 2.39. The molecule has 1 aromatic heterocycles. The van der Waals surface area contributed by atoms with Crippen LogP contribution in [0.5, 0.6) is 0 Å². The molecule has 0 bridgehead atoms. The summed E-state index contributed by atoms with van der Waals surface area (Å²) in [6, 6.07) is 3.93. The van der Waals surface area contributed by atoms with Gasteiger partial charge < -0.3 is 14.7 Å². The Balaban J connectivity index is 1.55. The van der Waals surface area contributed by atoms with E-state index in [1.54, 1.807) is 11.3 Å². The van der Waals surface area contributed by atoms with Crippen molar-refractivity contribution in [1.82, 2.24) is 14.7 Å². The molecule has 1 aromatic rings. The average Bonchev–Trinajstić information content (AvgIpc) is 3.08. The average molecular weight is 336 g/mol. The number of likely N-dealkylation sites (N-methyl/N-ethyl adjacent to an activating group) is 1. The summed E-state index contributed by atoms with van der Waals surface area (Å²) in [5, 5.41) is 2.00. The second-order valence-electron chi connectivity index (χ2n) is 7.45. The van der Waals surface area contributed by atoms with Gasteiger partial charge in [-0.25, -0.2) is 0 Å². The summed E-state index contributed by atoms with van der Waals surface area (Å²) in [7, 11) is 4.28. The van der Waals surface area contributed by atoms with Crippen LogP contribution in [0.3, 0.4) is 0 Å². The van der Waals surface area contributed by atoms with Crippen molar-refractivity contribution in [1.29, 1.82) is 0 Å². The number of rotatable bonds is 4. The molecule has 4 nitrogen and oxygen atoms in total. The van der Waals surface area contributed by atoms with E-state index in [0.29, 0.717) is 5.41 Å². The van der Waals surface area contributed by atoms with E-state index < -0.39 is 0 Å². The van der Waals surface area contributed by atoms with Gasteiger partial charge in [0.1, 0.15) is 0 Å². The van der Waals surface area contributed by atoms with Crippen molar-refractivity contribution < 1.29 is 4.79 Å². The molecule has 23 heavy (non-hydrogen) atoms. The summed E-state index contributed by atoms with van der Waals surface area (Å²) in [6.07, 6.45) is 4.95. The van der Waals surface area contributed by atoms with Crippen molar-refractivity contribution in [2.75, 3.05) is 53.4 Å². The highest BCUT2D eigenvalue weighted by molar-refractivity contribution is 7.12. The molecule has 2 aliphatic rings. The Hall–Kier alpha value is -0.910. The molecule has 0 N–H and O–H groups in total. The van der Waals surface area contributed by atoms with Crippen molar-refractivity contribution in [2.24, 2.45) is 5.41 Å². The summed E-state index contributed by atoms with van der Waals surface area (Å²) in [6.45, 7) is 6.58. The molecule has 2 aliphatic heterocycles. The molecule has 0 aromatic carbocycles. The fourth-order valence-corrected chi connectivity index (χ4v) is 4.63. The van der Waals surface area contributed by atoms with E-state index in [-0.39, 0.29) is 5.91 Å². The summed E-state index contributed by atoms with van der Waals surface area (Å²) in [5.41, 5.74) is 0.375. The lowest BCUT2D eigenvalue weighted by molar-refractivity contribution is 0.0206. The number of piperidine rings is 2. The molecule has 0 aliphatic carbocycles. The molecule has 0 unspecified atom stereocenters. The lowest BCUT2D eigenvalue weighted by atomic mass is 9.72. The largest absolute Gasteiger partial charge is 0.337 e. The van der Waals surface area contributed by atoms with E-state index in [9.17, 15) is 4.79 Å². The van der Waals surface area contributed by atoms with E-state index in [2.05, 4.69) is 28.8 Å². The van der Waals surface area contributed by atoms with Gasteiger partial charge in [0.25, 0.3) is 5.91 Å². The zero-order chi connectivity index (χ0) is 16.3. The molecular formula is C18H29N3OS. The van der Waals surface area contributed by atoms with Gasteiger partial charge >= 0.3 is 0 Å². The fourth-order valence-electron chi connectivity index (χ4n) is 3.94. The smallest absolute Gasteiger partial charge is 0.263 e. The number of hydrogen-bond donors (Lipinski definition) is 0. The molecule has 1 amide bonds. The predicted molar refractivity (Wildman–Crippen MR) is 96.1 cm³/mol. The Morgan fingerprint density at radius 1 is 1.26 bits per heavy atom. The third-order valence-electron chi connectivity index (χ3n) is 5.46. The number of nitrogens with zero attached hydrogens (tertiary/aromatic N) is 3. The van der Waals surface area contributed by atoms with Crippen LogP contribution >= 0.6 is 11.3 Å². The van der Waals surface area contributed by atoms with Crippen molar-refractivity contribution in [2.45, 2.75) is 25.7 Å². The van der Waals surface area contributed by atoms with Crippen molar-refractivity contribution >= 4 is 17.2 Å². The number of carbonyl (C=O) groups excluding carboxylic acids is 1. The first-order chi connectivity index (χ1) is 11.1. The second-order valence-corrected chi connectivity index (χ2v) is 8.40. The topological polar surface area (TPSA) is 26.8 Å². The molecule has 128 valence electrons. The molecule has 5 heteroatoms. The standard InChI is InChI=1S/C18H29N3OS/c1-19(2)12-13-20-10-7-18(8-11-20)6-4-9-21(15-18)17(22)16-5-3-14-23-16/h3,5,14H,4,6-13,15H2,1-2H3. The quantitative estimate of drug-likeness (QED) is 0.846. The number of carbonyl (C=O) groups is 1. The maximum atomic E-state index is 12.6. The Morgan fingerprint density at radius 2 is 2.04 bits per heavy atom. The summed E-state index contributed by atoms with van der Waals surface area (Å²) < 4.78 is 0. The lowest BCUT2D eigenvalue weighted by Gasteiger charge is -2.47. The van der Waals surface area contributed by atoms with Gasteiger partial charge in [-0.15, -0.1) is 11.3 Å². The van der Waals surface area contributed by atoms with Crippen LogP contribution in [0.15, 0.2) is 17.5 Å². The zero-order valence-electron chi connectivity index (χ0n) is 14.5. The Morgan fingerprint density at radius 3 is 2.70 bits per heavy atom. The van der Waals surface area contributed by atoms with E-state index in [1.165, 1.54) is 38.9 Å². The van der Waals surface area contributed by atoms with E-state index in [0.717, 1.165) is 30.9 Å². The van der Waals surface area contributed by atoms with Crippen LogP contribution in [-0.4, -0.2) is 74.0 Å².